The third kappa shape index (κ3) is 4.85. The average Bonchev–Trinajstić information content (AvgIpc) is 3.16. The minimum Gasteiger partial charge on any atom is -0.464 e. The van der Waals surface area contributed by atoms with E-state index in [4.69, 9.17) is 4.42 Å². The fourth-order valence-electron chi connectivity index (χ4n) is 3.47. The second-order valence-corrected chi connectivity index (χ2v) is 11.4. The fraction of sp³-hybridized carbons (Fsp3) is 0.500. The van der Waals surface area contributed by atoms with Crippen LogP contribution in [0.15, 0.2) is 47.1 Å². The standard InChI is InChI=1S/C22H29NO4S/c1-22(2,3)28(25,26)16-17-9-11-23(12-10-17)21(24)15-18-6-4-7-19(14-18)20-8-5-13-27-20/h4-8,13-14,17H,9-12,15-16H2,1-3H3. The summed E-state index contributed by atoms with van der Waals surface area (Å²) >= 11 is 0. The van der Waals surface area contributed by atoms with Gasteiger partial charge in [0.05, 0.1) is 23.2 Å². The van der Waals surface area contributed by atoms with Gasteiger partial charge in [0.1, 0.15) is 5.76 Å². The van der Waals surface area contributed by atoms with Crippen molar-refractivity contribution in [1.82, 2.24) is 4.90 Å². The predicted octanol–water partition coefficient (Wildman–Crippen LogP) is 3.94. The van der Waals surface area contributed by atoms with Gasteiger partial charge in [0.15, 0.2) is 9.84 Å². The zero-order valence-electron chi connectivity index (χ0n) is 16.8. The number of amides is 1. The van der Waals surface area contributed by atoms with Crippen molar-refractivity contribution in [3.8, 4) is 11.3 Å². The summed E-state index contributed by atoms with van der Waals surface area (Å²) in [4.78, 5) is 14.6. The molecule has 1 saturated heterocycles. The number of nitrogens with zero attached hydrogens (tertiary/aromatic N) is 1. The molecule has 0 spiro atoms. The van der Waals surface area contributed by atoms with Crippen LogP contribution in [-0.2, 0) is 21.1 Å². The van der Waals surface area contributed by atoms with E-state index < -0.39 is 14.6 Å². The SMILES string of the molecule is CC(C)(C)S(=O)(=O)CC1CCN(C(=O)Cc2cccc(-c3ccco3)c2)CC1. The number of benzene rings is 1. The Hall–Kier alpha value is -2.08. The molecule has 0 unspecified atom stereocenters. The molecule has 0 saturated carbocycles. The van der Waals surface area contributed by atoms with Crippen molar-refractivity contribution in [2.75, 3.05) is 18.8 Å². The van der Waals surface area contributed by atoms with Gasteiger partial charge in [-0.25, -0.2) is 8.42 Å². The molecule has 1 aliphatic rings. The van der Waals surface area contributed by atoms with Crippen molar-refractivity contribution in [1.29, 1.82) is 0 Å². The summed E-state index contributed by atoms with van der Waals surface area (Å²) < 4.78 is 29.5. The third-order valence-corrected chi connectivity index (χ3v) is 8.22. The van der Waals surface area contributed by atoms with E-state index in [1.807, 2.05) is 41.3 Å². The van der Waals surface area contributed by atoms with E-state index in [0.717, 1.165) is 29.7 Å². The molecule has 2 heterocycles. The van der Waals surface area contributed by atoms with Crippen LogP contribution in [0.5, 0.6) is 0 Å². The van der Waals surface area contributed by atoms with Gasteiger partial charge in [-0.1, -0.05) is 18.2 Å². The summed E-state index contributed by atoms with van der Waals surface area (Å²) in [6.07, 6.45) is 3.47. The molecule has 3 rings (SSSR count). The molecule has 6 heteroatoms. The van der Waals surface area contributed by atoms with Gasteiger partial charge in [-0.15, -0.1) is 0 Å². The second-order valence-electron chi connectivity index (χ2n) is 8.57. The first-order valence-corrected chi connectivity index (χ1v) is 11.4. The minimum absolute atomic E-state index is 0.0914. The Morgan fingerprint density at radius 1 is 1.14 bits per heavy atom. The highest BCUT2D eigenvalue weighted by Gasteiger charge is 2.33. The third-order valence-electron chi connectivity index (χ3n) is 5.44. The zero-order valence-corrected chi connectivity index (χ0v) is 17.7. The van der Waals surface area contributed by atoms with Gasteiger partial charge in [-0.2, -0.15) is 0 Å². The maximum atomic E-state index is 12.7. The molecule has 0 N–H and O–H groups in total. The average molecular weight is 404 g/mol. The van der Waals surface area contributed by atoms with Crippen molar-refractivity contribution < 1.29 is 17.6 Å². The van der Waals surface area contributed by atoms with Crippen LogP contribution >= 0.6 is 0 Å². The Morgan fingerprint density at radius 2 is 1.86 bits per heavy atom. The second kappa shape index (κ2) is 8.11. The highest BCUT2D eigenvalue weighted by molar-refractivity contribution is 7.92. The number of likely N-dealkylation sites (tertiary alicyclic amines) is 1. The van der Waals surface area contributed by atoms with Gasteiger partial charge in [-0.05, 0) is 63.3 Å². The Morgan fingerprint density at radius 3 is 2.46 bits per heavy atom. The molecule has 1 aliphatic heterocycles. The fourth-order valence-corrected chi connectivity index (χ4v) is 4.93. The first-order valence-electron chi connectivity index (χ1n) is 9.78. The summed E-state index contributed by atoms with van der Waals surface area (Å²) in [5, 5.41) is 0. The van der Waals surface area contributed by atoms with E-state index in [-0.39, 0.29) is 17.6 Å². The maximum absolute atomic E-state index is 12.7. The molecule has 28 heavy (non-hydrogen) atoms. The molecule has 0 aliphatic carbocycles. The molecule has 1 amide bonds. The first kappa shape index (κ1) is 20.6. The Bertz CT molecular complexity index is 902. The van der Waals surface area contributed by atoms with Crippen molar-refractivity contribution in [3.63, 3.8) is 0 Å². The molecule has 1 aromatic heterocycles. The summed E-state index contributed by atoms with van der Waals surface area (Å²) in [6.45, 7) is 6.50. The number of hydrogen-bond acceptors (Lipinski definition) is 4. The lowest BCUT2D eigenvalue weighted by Gasteiger charge is -2.33. The number of carbonyl (C=O) groups is 1. The highest BCUT2D eigenvalue weighted by atomic mass is 32.2. The van der Waals surface area contributed by atoms with Crippen molar-refractivity contribution in [3.05, 3.63) is 48.2 Å². The van der Waals surface area contributed by atoms with Crippen LogP contribution in [-0.4, -0.2) is 42.8 Å². The van der Waals surface area contributed by atoms with Crippen LogP contribution in [0.3, 0.4) is 0 Å². The smallest absolute Gasteiger partial charge is 0.226 e. The topological polar surface area (TPSA) is 67.6 Å². The maximum Gasteiger partial charge on any atom is 0.226 e. The molecule has 0 radical (unpaired) electrons. The monoisotopic (exact) mass is 403 g/mol. The molecule has 0 bridgehead atoms. The lowest BCUT2D eigenvalue weighted by Crippen LogP contribution is -2.42. The van der Waals surface area contributed by atoms with E-state index in [1.54, 1.807) is 27.0 Å². The Kier molecular flexibility index (Phi) is 5.98. The molecule has 0 atom stereocenters. The van der Waals surface area contributed by atoms with Gasteiger partial charge in [-0.3, -0.25) is 4.79 Å². The first-order chi connectivity index (χ1) is 13.2. The zero-order chi connectivity index (χ0) is 20.4. The van der Waals surface area contributed by atoms with Crippen LogP contribution < -0.4 is 0 Å². The highest BCUT2D eigenvalue weighted by Crippen LogP contribution is 2.26. The lowest BCUT2D eigenvalue weighted by atomic mass is 9.98. The van der Waals surface area contributed by atoms with E-state index in [1.165, 1.54) is 0 Å². The van der Waals surface area contributed by atoms with Crippen LogP contribution in [0.2, 0.25) is 0 Å². The Labute approximate surface area is 167 Å². The van der Waals surface area contributed by atoms with Gasteiger partial charge in [0.25, 0.3) is 0 Å². The predicted molar refractivity (Wildman–Crippen MR) is 111 cm³/mol. The molecule has 1 fully saturated rings. The number of hydrogen-bond donors (Lipinski definition) is 0. The van der Waals surface area contributed by atoms with Crippen LogP contribution in [0, 0.1) is 5.92 Å². The van der Waals surface area contributed by atoms with Crippen LogP contribution in [0.1, 0.15) is 39.2 Å². The van der Waals surface area contributed by atoms with Crippen molar-refractivity contribution in [2.24, 2.45) is 5.92 Å². The summed E-state index contributed by atoms with van der Waals surface area (Å²) in [7, 11) is -3.12. The van der Waals surface area contributed by atoms with E-state index >= 15 is 0 Å². The van der Waals surface area contributed by atoms with E-state index in [2.05, 4.69) is 0 Å². The number of rotatable bonds is 5. The summed E-state index contributed by atoms with van der Waals surface area (Å²) in [5.41, 5.74) is 1.91. The van der Waals surface area contributed by atoms with Crippen LogP contribution in [0.25, 0.3) is 11.3 Å². The van der Waals surface area contributed by atoms with Gasteiger partial charge >= 0.3 is 0 Å². The van der Waals surface area contributed by atoms with E-state index in [9.17, 15) is 13.2 Å². The van der Waals surface area contributed by atoms with Crippen molar-refractivity contribution in [2.45, 2.75) is 44.8 Å². The molecule has 2 aromatic rings. The minimum atomic E-state index is -3.12. The molecule has 152 valence electrons. The van der Waals surface area contributed by atoms with Gasteiger partial charge in [0.2, 0.25) is 5.91 Å². The largest absolute Gasteiger partial charge is 0.464 e. The quantitative estimate of drug-likeness (QED) is 0.758. The molecule has 1 aromatic carbocycles. The summed E-state index contributed by atoms with van der Waals surface area (Å²) in [6, 6.07) is 11.6. The molecular weight excluding hydrogens is 374 g/mol. The number of furan rings is 1. The Balaban J connectivity index is 1.55. The number of carbonyl (C=O) groups excluding carboxylic acids is 1. The van der Waals surface area contributed by atoms with Gasteiger partial charge in [0, 0.05) is 18.7 Å². The lowest BCUT2D eigenvalue weighted by molar-refractivity contribution is -0.131. The van der Waals surface area contributed by atoms with Crippen LogP contribution in [0.4, 0.5) is 0 Å². The normalized spacial score (nSPS) is 16.3. The number of piperidine rings is 1. The molecule has 5 nitrogen and oxygen atoms in total. The molecular formula is C22H29NO4S. The number of sulfone groups is 1. The summed E-state index contributed by atoms with van der Waals surface area (Å²) in [5.74, 6) is 1.23. The van der Waals surface area contributed by atoms with Crippen molar-refractivity contribution >= 4 is 15.7 Å². The van der Waals surface area contributed by atoms with E-state index in [0.29, 0.717) is 19.5 Å². The van der Waals surface area contributed by atoms with Gasteiger partial charge < -0.3 is 9.32 Å².